The third-order valence-electron chi connectivity index (χ3n) is 4.76. The monoisotopic (exact) mass is 445 g/mol. The lowest BCUT2D eigenvalue weighted by Crippen LogP contribution is -2.54. The molecule has 29 heavy (non-hydrogen) atoms. The first-order valence-corrected chi connectivity index (χ1v) is 11.0. The molecule has 0 saturated carbocycles. The van der Waals surface area contributed by atoms with E-state index in [-0.39, 0.29) is 28.7 Å². The second-order valence-electron chi connectivity index (χ2n) is 6.84. The number of likely N-dealkylation sites (N-methyl/N-ethyl adjacent to an activating group) is 1. The Hall–Kier alpha value is -1.76. The Kier molecular flexibility index (Phi) is 7.09. The largest absolute Gasteiger partial charge is 0.379 e. The lowest BCUT2D eigenvalue weighted by molar-refractivity contribution is -0.139. The summed E-state index contributed by atoms with van der Waals surface area (Å²) in [6.07, 6.45) is 0. The van der Waals surface area contributed by atoms with Gasteiger partial charge in [-0.25, -0.2) is 13.4 Å². The summed E-state index contributed by atoms with van der Waals surface area (Å²) in [6, 6.07) is 4.00. The van der Waals surface area contributed by atoms with Crippen molar-refractivity contribution in [1.29, 1.82) is 0 Å². The normalized spacial score (nSPS) is 19.7. The summed E-state index contributed by atoms with van der Waals surface area (Å²) in [4.78, 5) is 26.5. The van der Waals surface area contributed by atoms with Crippen LogP contribution in [0.25, 0.3) is 0 Å². The van der Waals surface area contributed by atoms with Crippen molar-refractivity contribution in [1.82, 2.24) is 19.6 Å². The fourth-order valence-electron chi connectivity index (χ4n) is 2.99. The quantitative estimate of drug-likeness (QED) is 0.605. The van der Waals surface area contributed by atoms with E-state index in [2.05, 4.69) is 15.6 Å². The van der Waals surface area contributed by atoms with Crippen LogP contribution in [0.1, 0.15) is 0 Å². The summed E-state index contributed by atoms with van der Waals surface area (Å²) >= 11 is 6.10. The number of rotatable bonds is 4. The minimum absolute atomic E-state index is 0.0152. The molecule has 0 aliphatic carbocycles. The van der Waals surface area contributed by atoms with Gasteiger partial charge < -0.3 is 15.0 Å². The van der Waals surface area contributed by atoms with Gasteiger partial charge in [0.2, 0.25) is 10.0 Å². The third kappa shape index (κ3) is 5.44. The number of nitrogens with one attached hydrogen (secondary N) is 2. The van der Waals surface area contributed by atoms with Crippen molar-refractivity contribution in [2.45, 2.75) is 4.90 Å². The molecule has 10 nitrogen and oxygen atoms in total. The second kappa shape index (κ2) is 9.37. The topological polar surface area (TPSA) is 111 Å². The van der Waals surface area contributed by atoms with Crippen molar-refractivity contribution < 1.29 is 22.7 Å². The van der Waals surface area contributed by atoms with Crippen LogP contribution in [0.5, 0.6) is 0 Å². The van der Waals surface area contributed by atoms with E-state index in [1.807, 2.05) is 7.05 Å². The first-order valence-electron chi connectivity index (χ1n) is 9.20. The average molecular weight is 446 g/mol. The maximum absolute atomic E-state index is 12.8. The smallest absolute Gasteiger partial charge is 0.323 e. The summed E-state index contributed by atoms with van der Waals surface area (Å²) in [5.41, 5.74) is 2.60. The standard InChI is InChI=1S/C17H24ClN5O5S/c1-21-4-6-22(7-5-21)20-17(25)16(24)19-15-12-13(2-3-14(15)18)29(26,27)23-8-10-28-11-9-23/h2-3,12H,4-11H2,1H3,(H,19,24)(H,20,25). The van der Waals surface area contributed by atoms with Crippen LogP contribution in [0, 0.1) is 0 Å². The summed E-state index contributed by atoms with van der Waals surface area (Å²) < 4.78 is 32.1. The highest BCUT2D eigenvalue weighted by Crippen LogP contribution is 2.27. The third-order valence-corrected chi connectivity index (χ3v) is 6.99. The molecule has 0 aromatic heterocycles. The molecule has 12 heteroatoms. The van der Waals surface area contributed by atoms with Gasteiger partial charge in [-0.3, -0.25) is 15.0 Å². The number of nitrogens with zero attached hydrogens (tertiary/aromatic N) is 3. The van der Waals surface area contributed by atoms with Gasteiger partial charge in [0, 0.05) is 39.3 Å². The molecular formula is C17H24ClN5O5S. The van der Waals surface area contributed by atoms with Crippen LogP contribution in [-0.2, 0) is 24.3 Å². The molecule has 0 spiro atoms. The molecular weight excluding hydrogens is 422 g/mol. The number of morpholine rings is 1. The van der Waals surface area contributed by atoms with Gasteiger partial charge >= 0.3 is 11.8 Å². The number of sulfonamides is 1. The summed E-state index contributed by atoms with van der Waals surface area (Å²) in [6.45, 7) is 3.89. The predicted octanol–water partition coefficient (Wildman–Crippen LogP) is -0.422. The Bertz CT molecular complexity index is 867. The number of hydrogen-bond donors (Lipinski definition) is 2. The Morgan fingerprint density at radius 1 is 1.03 bits per heavy atom. The second-order valence-corrected chi connectivity index (χ2v) is 9.19. The molecule has 2 N–H and O–H groups in total. The minimum atomic E-state index is -3.76. The van der Waals surface area contributed by atoms with E-state index >= 15 is 0 Å². The van der Waals surface area contributed by atoms with E-state index in [0.29, 0.717) is 26.3 Å². The molecule has 2 fully saturated rings. The van der Waals surface area contributed by atoms with E-state index in [1.54, 1.807) is 5.01 Å². The summed E-state index contributed by atoms with van der Waals surface area (Å²) in [5.74, 6) is -1.76. The molecule has 2 saturated heterocycles. The van der Waals surface area contributed by atoms with Crippen molar-refractivity contribution >= 4 is 39.1 Å². The molecule has 2 aliphatic rings. The maximum Gasteiger partial charge on any atom is 0.323 e. The average Bonchev–Trinajstić information content (AvgIpc) is 2.71. The Labute approximate surface area is 174 Å². The number of amides is 2. The molecule has 0 unspecified atom stereocenters. The van der Waals surface area contributed by atoms with Crippen molar-refractivity contribution in [3.63, 3.8) is 0 Å². The van der Waals surface area contributed by atoms with Gasteiger partial charge in [-0.1, -0.05) is 11.6 Å². The molecule has 1 aromatic carbocycles. The lowest BCUT2D eigenvalue weighted by atomic mass is 10.3. The van der Waals surface area contributed by atoms with Gasteiger partial charge in [0.1, 0.15) is 0 Å². The molecule has 0 bridgehead atoms. The molecule has 1 aromatic rings. The summed E-state index contributed by atoms with van der Waals surface area (Å²) in [7, 11) is -1.78. The van der Waals surface area contributed by atoms with E-state index in [0.717, 1.165) is 13.1 Å². The van der Waals surface area contributed by atoms with Gasteiger partial charge in [0.15, 0.2) is 0 Å². The predicted molar refractivity (Wildman–Crippen MR) is 107 cm³/mol. The van der Waals surface area contributed by atoms with Crippen LogP contribution < -0.4 is 10.7 Å². The zero-order valence-corrected chi connectivity index (χ0v) is 17.6. The van der Waals surface area contributed by atoms with Crippen LogP contribution in [-0.4, -0.2) is 94.0 Å². The molecule has 2 amide bonds. The van der Waals surface area contributed by atoms with Gasteiger partial charge in [0.25, 0.3) is 0 Å². The Morgan fingerprint density at radius 3 is 2.34 bits per heavy atom. The highest BCUT2D eigenvalue weighted by Gasteiger charge is 2.27. The highest BCUT2D eigenvalue weighted by molar-refractivity contribution is 7.89. The maximum atomic E-state index is 12.8. The number of benzene rings is 1. The number of carbonyl (C=O) groups is 2. The minimum Gasteiger partial charge on any atom is -0.379 e. The van der Waals surface area contributed by atoms with Gasteiger partial charge in [0.05, 0.1) is 28.8 Å². The fourth-order valence-corrected chi connectivity index (χ4v) is 4.59. The number of halogens is 1. The van der Waals surface area contributed by atoms with E-state index < -0.39 is 21.8 Å². The van der Waals surface area contributed by atoms with Crippen LogP contribution >= 0.6 is 11.6 Å². The van der Waals surface area contributed by atoms with E-state index in [4.69, 9.17) is 16.3 Å². The molecule has 2 aliphatic heterocycles. The van der Waals surface area contributed by atoms with Gasteiger partial charge in [-0.05, 0) is 25.2 Å². The lowest BCUT2D eigenvalue weighted by Gasteiger charge is -2.32. The molecule has 0 atom stereocenters. The van der Waals surface area contributed by atoms with Crippen molar-refractivity contribution in [3.8, 4) is 0 Å². The first-order chi connectivity index (χ1) is 13.8. The SMILES string of the molecule is CN1CCN(NC(=O)C(=O)Nc2cc(S(=O)(=O)N3CCOCC3)ccc2Cl)CC1. The van der Waals surface area contributed by atoms with Crippen LogP contribution in [0.2, 0.25) is 5.02 Å². The number of piperazine rings is 1. The zero-order chi connectivity index (χ0) is 21.0. The van der Waals surface area contributed by atoms with Crippen LogP contribution in [0.3, 0.4) is 0 Å². The van der Waals surface area contributed by atoms with E-state index in [9.17, 15) is 18.0 Å². The molecule has 160 valence electrons. The molecule has 2 heterocycles. The van der Waals surface area contributed by atoms with Crippen LogP contribution in [0.15, 0.2) is 23.1 Å². The van der Waals surface area contributed by atoms with Crippen molar-refractivity contribution in [3.05, 3.63) is 23.2 Å². The number of hydrogen-bond acceptors (Lipinski definition) is 7. The van der Waals surface area contributed by atoms with Crippen molar-refractivity contribution in [2.24, 2.45) is 0 Å². The summed E-state index contributed by atoms with van der Waals surface area (Å²) in [5, 5.41) is 4.20. The number of anilines is 1. The van der Waals surface area contributed by atoms with Gasteiger partial charge in [-0.15, -0.1) is 0 Å². The molecule has 0 radical (unpaired) electrons. The number of ether oxygens (including phenoxy) is 1. The Morgan fingerprint density at radius 2 is 1.69 bits per heavy atom. The fraction of sp³-hybridized carbons (Fsp3) is 0.529. The zero-order valence-electron chi connectivity index (χ0n) is 16.1. The van der Waals surface area contributed by atoms with Crippen molar-refractivity contribution in [2.75, 3.05) is 64.8 Å². The first kappa shape index (κ1) is 21.9. The van der Waals surface area contributed by atoms with Gasteiger partial charge in [-0.2, -0.15) is 4.31 Å². The van der Waals surface area contributed by atoms with E-state index in [1.165, 1.54) is 22.5 Å². The number of hydrazine groups is 1. The number of carbonyl (C=O) groups excluding carboxylic acids is 2. The van der Waals surface area contributed by atoms with Crippen LogP contribution in [0.4, 0.5) is 5.69 Å². The Balaban J connectivity index is 1.68. The highest BCUT2D eigenvalue weighted by atomic mass is 35.5. The molecule has 3 rings (SSSR count).